The van der Waals surface area contributed by atoms with Crippen LogP contribution in [0.5, 0.6) is 5.75 Å². The van der Waals surface area contributed by atoms with Gasteiger partial charge in [0.15, 0.2) is 4.80 Å². The van der Waals surface area contributed by atoms with E-state index in [0.717, 1.165) is 11.1 Å². The lowest BCUT2D eigenvalue weighted by Crippen LogP contribution is -2.40. The first-order valence-corrected chi connectivity index (χ1v) is 14.3. The number of fused-ring (bicyclic) bond motifs is 1. The zero-order valence-electron chi connectivity index (χ0n) is 21.5. The van der Waals surface area contributed by atoms with Gasteiger partial charge in [0.1, 0.15) is 12.4 Å². The van der Waals surface area contributed by atoms with E-state index in [1.54, 1.807) is 41.0 Å². The summed E-state index contributed by atoms with van der Waals surface area (Å²) in [6, 6.07) is 19.2. The van der Waals surface area contributed by atoms with Gasteiger partial charge in [-0.3, -0.25) is 9.36 Å². The number of aromatic nitrogens is 1. The SMILES string of the molecule is CCC1=C(C(=O)OC)[C@@H](c2ccccc2)n2c(s/c(=C/c3cc(Cl)ccc3OCc3ccc(Cl)c(Cl)c3)c2=O)=N1. The summed E-state index contributed by atoms with van der Waals surface area (Å²) >= 11 is 19.7. The summed E-state index contributed by atoms with van der Waals surface area (Å²) < 4.78 is 13.2. The van der Waals surface area contributed by atoms with E-state index in [1.807, 2.05) is 43.3 Å². The second-order valence-corrected chi connectivity index (χ2v) is 11.2. The van der Waals surface area contributed by atoms with E-state index in [0.29, 0.717) is 53.4 Å². The molecule has 10 heteroatoms. The standard InChI is InChI=1S/C30H23Cl3N2O4S/c1-3-23-26(29(37)38-2)27(18-7-5-4-6-8-18)35-28(36)25(40-30(35)34-23)15-19-14-20(31)10-12-24(19)39-16-17-9-11-21(32)22(33)13-17/h4-15,27H,3,16H2,1-2H3/b25-15+/t27-/m1/s1. The van der Waals surface area contributed by atoms with Gasteiger partial charge in [-0.1, -0.05) is 89.5 Å². The number of halogens is 3. The molecule has 6 nitrogen and oxygen atoms in total. The third-order valence-corrected chi connectivity index (χ3v) is 8.36. The van der Waals surface area contributed by atoms with Crippen molar-refractivity contribution < 1.29 is 14.3 Å². The summed E-state index contributed by atoms with van der Waals surface area (Å²) in [5, 5.41) is 1.39. The van der Waals surface area contributed by atoms with E-state index >= 15 is 0 Å². The number of hydrogen-bond acceptors (Lipinski definition) is 6. The smallest absolute Gasteiger partial charge is 0.338 e. The van der Waals surface area contributed by atoms with Gasteiger partial charge in [0.05, 0.1) is 39.0 Å². The molecular weight excluding hydrogens is 591 g/mol. The summed E-state index contributed by atoms with van der Waals surface area (Å²) in [4.78, 5) is 32.0. The van der Waals surface area contributed by atoms with Crippen LogP contribution in [0.15, 0.2) is 87.8 Å². The van der Waals surface area contributed by atoms with Gasteiger partial charge in [-0.2, -0.15) is 0 Å². The number of esters is 1. The van der Waals surface area contributed by atoms with E-state index in [-0.39, 0.29) is 12.2 Å². The van der Waals surface area contributed by atoms with E-state index in [2.05, 4.69) is 0 Å². The van der Waals surface area contributed by atoms with Crippen molar-refractivity contribution >= 4 is 58.2 Å². The number of thiazole rings is 1. The van der Waals surface area contributed by atoms with Gasteiger partial charge in [0.25, 0.3) is 5.56 Å². The molecule has 4 aromatic rings. The molecule has 1 aliphatic rings. The average Bonchev–Trinajstić information content (AvgIpc) is 3.27. The van der Waals surface area contributed by atoms with Crippen molar-refractivity contribution in [2.45, 2.75) is 26.0 Å². The van der Waals surface area contributed by atoms with Gasteiger partial charge in [-0.15, -0.1) is 0 Å². The van der Waals surface area contributed by atoms with Crippen molar-refractivity contribution in [1.29, 1.82) is 0 Å². The Bertz CT molecular complexity index is 1810. The van der Waals surface area contributed by atoms with Crippen LogP contribution in [0.3, 0.4) is 0 Å². The van der Waals surface area contributed by atoms with Gasteiger partial charge in [0, 0.05) is 10.6 Å². The lowest BCUT2D eigenvalue weighted by Gasteiger charge is -2.25. The Hall–Kier alpha value is -3.36. The predicted octanol–water partition coefficient (Wildman–Crippen LogP) is 6.34. The number of benzene rings is 3. The second kappa shape index (κ2) is 12.0. The van der Waals surface area contributed by atoms with Crippen molar-refractivity contribution in [1.82, 2.24) is 4.57 Å². The Balaban J connectivity index is 1.62. The van der Waals surface area contributed by atoms with Crippen molar-refractivity contribution in [3.8, 4) is 5.75 Å². The molecular formula is C30H23Cl3N2O4S. The molecule has 3 aromatic carbocycles. The van der Waals surface area contributed by atoms with E-state index in [4.69, 9.17) is 49.3 Å². The minimum atomic E-state index is -0.674. The van der Waals surface area contributed by atoms with Gasteiger partial charge in [0.2, 0.25) is 0 Å². The summed E-state index contributed by atoms with van der Waals surface area (Å²) in [5.41, 5.74) is 2.89. The maximum Gasteiger partial charge on any atom is 0.338 e. The topological polar surface area (TPSA) is 69.9 Å². The predicted molar refractivity (Wildman–Crippen MR) is 159 cm³/mol. The molecule has 0 aliphatic carbocycles. The van der Waals surface area contributed by atoms with Crippen LogP contribution < -0.4 is 19.6 Å². The highest BCUT2D eigenvalue weighted by atomic mass is 35.5. The highest BCUT2D eigenvalue weighted by molar-refractivity contribution is 7.07. The van der Waals surface area contributed by atoms with Crippen molar-refractivity contribution in [3.63, 3.8) is 0 Å². The highest BCUT2D eigenvalue weighted by Crippen LogP contribution is 2.32. The molecule has 0 fully saturated rings. The lowest BCUT2D eigenvalue weighted by atomic mass is 9.95. The Kier molecular flexibility index (Phi) is 8.47. The number of allylic oxidation sites excluding steroid dienone is 1. The molecule has 0 N–H and O–H groups in total. The van der Waals surface area contributed by atoms with Crippen LogP contribution in [0.1, 0.15) is 36.1 Å². The molecule has 0 amide bonds. The molecule has 40 heavy (non-hydrogen) atoms. The molecule has 204 valence electrons. The van der Waals surface area contributed by atoms with Crippen LogP contribution in [0.25, 0.3) is 6.08 Å². The zero-order valence-corrected chi connectivity index (χ0v) is 24.6. The average molecular weight is 614 g/mol. The van der Waals surface area contributed by atoms with Crippen LogP contribution in [0, 0.1) is 0 Å². The molecule has 0 saturated heterocycles. The molecule has 0 saturated carbocycles. The highest BCUT2D eigenvalue weighted by Gasteiger charge is 2.33. The third kappa shape index (κ3) is 5.60. The number of nitrogens with zero attached hydrogens (tertiary/aromatic N) is 2. The Morgan fingerprint density at radius 1 is 1.05 bits per heavy atom. The fourth-order valence-electron chi connectivity index (χ4n) is 4.51. The maximum atomic E-state index is 13.9. The van der Waals surface area contributed by atoms with Crippen LogP contribution in [0.4, 0.5) is 0 Å². The number of carbonyl (C=O) groups excluding carboxylic acids is 1. The Labute approximate surface area is 249 Å². The fourth-order valence-corrected chi connectivity index (χ4v) is 6.02. The summed E-state index contributed by atoms with van der Waals surface area (Å²) in [6.07, 6.45) is 2.23. The first-order chi connectivity index (χ1) is 19.3. The Morgan fingerprint density at radius 3 is 2.52 bits per heavy atom. The quantitative estimate of drug-likeness (QED) is 0.228. The summed E-state index contributed by atoms with van der Waals surface area (Å²) in [7, 11) is 1.33. The fraction of sp³-hybridized carbons (Fsp3) is 0.167. The minimum Gasteiger partial charge on any atom is -0.488 e. The number of carbonyl (C=O) groups is 1. The lowest BCUT2D eigenvalue weighted by molar-refractivity contribution is -0.136. The molecule has 1 aromatic heterocycles. The molecule has 0 unspecified atom stereocenters. The van der Waals surface area contributed by atoms with Gasteiger partial charge >= 0.3 is 5.97 Å². The van der Waals surface area contributed by atoms with Crippen molar-refractivity contribution in [2.24, 2.45) is 4.99 Å². The molecule has 5 rings (SSSR count). The normalized spacial score (nSPS) is 15.0. The second-order valence-electron chi connectivity index (χ2n) is 8.92. The number of ether oxygens (including phenoxy) is 2. The number of rotatable bonds is 7. The molecule has 1 aliphatic heterocycles. The number of hydrogen-bond donors (Lipinski definition) is 0. The molecule has 2 heterocycles. The van der Waals surface area contributed by atoms with Crippen LogP contribution in [-0.4, -0.2) is 17.6 Å². The third-order valence-electron chi connectivity index (χ3n) is 6.40. The Morgan fingerprint density at radius 2 is 1.82 bits per heavy atom. The number of methoxy groups -OCH3 is 1. The van der Waals surface area contributed by atoms with Gasteiger partial charge in [-0.05, 0) is 54.0 Å². The molecule has 1 atom stereocenters. The van der Waals surface area contributed by atoms with Crippen LogP contribution >= 0.6 is 46.1 Å². The molecule has 0 radical (unpaired) electrons. The molecule has 0 bridgehead atoms. The largest absolute Gasteiger partial charge is 0.488 e. The monoisotopic (exact) mass is 612 g/mol. The first kappa shape index (κ1) is 28.2. The van der Waals surface area contributed by atoms with Crippen molar-refractivity contribution in [2.75, 3.05) is 7.11 Å². The zero-order chi connectivity index (χ0) is 28.4. The van der Waals surface area contributed by atoms with Crippen molar-refractivity contribution in [3.05, 3.63) is 129 Å². The molecule has 0 spiro atoms. The van der Waals surface area contributed by atoms with E-state index in [9.17, 15) is 9.59 Å². The van der Waals surface area contributed by atoms with Crippen LogP contribution in [-0.2, 0) is 16.1 Å². The van der Waals surface area contributed by atoms with E-state index < -0.39 is 12.0 Å². The van der Waals surface area contributed by atoms with Gasteiger partial charge < -0.3 is 9.47 Å². The first-order valence-electron chi connectivity index (χ1n) is 12.3. The summed E-state index contributed by atoms with van der Waals surface area (Å²) in [6.45, 7) is 2.15. The van der Waals surface area contributed by atoms with Crippen LogP contribution in [0.2, 0.25) is 15.1 Å². The maximum absolute atomic E-state index is 13.9. The minimum absolute atomic E-state index is 0.233. The van der Waals surface area contributed by atoms with E-state index in [1.165, 1.54) is 18.4 Å². The van der Waals surface area contributed by atoms with Gasteiger partial charge in [-0.25, -0.2) is 9.79 Å². The summed E-state index contributed by atoms with van der Waals surface area (Å²) in [5.74, 6) is 0.0157.